The first kappa shape index (κ1) is 15.3. The summed E-state index contributed by atoms with van der Waals surface area (Å²) in [5, 5.41) is 12.6. The van der Waals surface area contributed by atoms with Crippen LogP contribution in [0.4, 0.5) is 5.69 Å². The number of carbonyl (C=O) groups is 2. The van der Waals surface area contributed by atoms with E-state index in [2.05, 4.69) is 10.3 Å². The fraction of sp³-hybridized carbons (Fsp3) is 0.533. The molecule has 1 aliphatic rings. The van der Waals surface area contributed by atoms with Crippen LogP contribution in [0.3, 0.4) is 0 Å². The number of carboxylic acid groups (broad SMARTS) is 1. The lowest BCUT2D eigenvalue weighted by molar-refractivity contribution is -0.143. The summed E-state index contributed by atoms with van der Waals surface area (Å²) in [5.74, 6) is -1.78. The van der Waals surface area contributed by atoms with Gasteiger partial charge in [-0.3, -0.25) is 14.6 Å². The third-order valence-electron chi connectivity index (χ3n) is 4.00. The zero-order valence-corrected chi connectivity index (χ0v) is 12.3. The highest BCUT2D eigenvalue weighted by Crippen LogP contribution is 2.29. The van der Waals surface area contributed by atoms with Gasteiger partial charge in [-0.05, 0) is 32.8 Å². The molecule has 2 rings (SSSR count). The molecule has 6 heteroatoms. The van der Waals surface area contributed by atoms with Gasteiger partial charge in [-0.15, -0.1) is 0 Å². The predicted molar refractivity (Wildman–Crippen MR) is 79.2 cm³/mol. The standard InChI is InChI=1S/C15H21N3O3/c1-8-7-12(13(14(16)19)9(2)17-8)18-11-6-4-3-5-10(11)15(20)21/h7,10-11H,3-6H2,1-2H3,(H2,16,19)(H,17,18)(H,20,21). The first-order valence-corrected chi connectivity index (χ1v) is 7.17. The summed E-state index contributed by atoms with van der Waals surface area (Å²) in [5.41, 5.74) is 7.69. The van der Waals surface area contributed by atoms with Crippen LogP contribution in [0.2, 0.25) is 0 Å². The molecule has 2 atom stereocenters. The molecule has 1 amide bonds. The number of rotatable bonds is 4. The van der Waals surface area contributed by atoms with Crippen LogP contribution in [0.1, 0.15) is 47.4 Å². The summed E-state index contributed by atoms with van der Waals surface area (Å²) >= 11 is 0. The largest absolute Gasteiger partial charge is 0.481 e. The number of nitrogens with two attached hydrogens (primary N) is 1. The van der Waals surface area contributed by atoms with Gasteiger partial charge >= 0.3 is 5.97 Å². The molecular formula is C15H21N3O3. The van der Waals surface area contributed by atoms with E-state index in [0.29, 0.717) is 23.4 Å². The average molecular weight is 291 g/mol. The van der Waals surface area contributed by atoms with Crippen LogP contribution in [-0.4, -0.2) is 28.0 Å². The maximum absolute atomic E-state index is 11.6. The van der Waals surface area contributed by atoms with Crippen molar-refractivity contribution in [3.8, 4) is 0 Å². The van der Waals surface area contributed by atoms with Crippen molar-refractivity contribution in [2.75, 3.05) is 5.32 Å². The molecule has 6 nitrogen and oxygen atoms in total. The van der Waals surface area contributed by atoms with Crippen LogP contribution in [0.25, 0.3) is 0 Å². The van der Waals surface area contributed by atoms with E-state index < -0.39 is 17.8 Å². The Morgan fingerprint density at radius 1 is 1.33 bits per heavy atom. The Balaban J connectivity index is 2.33. The van der Waals surface area contributed by atoms with E-state index in [1.807, 2.05) is 6.92 Å². The van der Waals surface area contributed by atoms with Gasteiger partial charge in [0.05, 0.1) is 22.9 Å². The highest BCUT2D eigenvalue weighted by atomic mass is 16.4. The Bertz CT molecular complexity index is 572. The number of carbonyl (C=O) groups excluding carboxylic acids is 1. The number of aryl methyl sites for hydroxylation is 2. The molecule has 0 aliphatic heterocycles. The van der Waals surface area contributed by atoms with E-state index in [1.165, 1.54) is 0 Å². The second kappa shape index (κ2) is 6.11. The molecule has 0 aromatic carbocycles. The van der Waals surface area contributed by atoms with Crippen LogP contribution in [0.15, 0.2) is 6.07 Å². The number of aromatic nitrogens is 1. The van der Waals surface area contributed by atoms with Gasteiger partial charge in [0.2, 0.25) is 0 Å². The number of pyridine rings is 1. The Kier molecular flexibility index (Phi) is 4.45. The molecule has 0 saturated heterocycles. The van der Waals surface area contributed by atoms with E-state index in [9.17, 15) is 14.7 Å². The molecule has 21 heavy (non-hydrogen) atoms. The van der Waals surface area contributed by atoms with Crippen LogP contribution in [0.5, 0.6) is 0 Å². The smallest absolute Gasteiger partial charge is 0.308 e. The van der Waals surface area contributed by atoms with Crippen molar-refractivity contribution in [3.63, 3.8) is 0 Å². The average Bonchev–Trinajstić information content (AvgIpc) is 2.37. The summed E-state index contributed by atoms with van der Waals surface area (Å²) < 4.78 is 0. The summed E-state index contributed by atoms with van der Waals surface area (Å²) in [4.78, 5) is 27.2. The lowest BCUT2D eigenvalue weighted by Crippen LogP contribution is -2.37. The minimum absolute atomic E-state index is 0.185. The Hall–Kier alpha value is -2.11. The molecule has 1 aromatic heterocycles. The molecule has 4 N–H and O–H groups in total. The van der Waals surface area contributed by atoms with E-state index in [1.54, 1.807) is 13.0 Å². The van der Waals surface area contributed by atoms with Crippen LogP contribution >= 0.6 is 0 Å². The van der Waals surface area contributed by atoms with Crippen molar-refractivity contribution in [3.05, 3.63) is 23.0 Å². The van der Waals surface area contributed by atoms with E-state index in [-0.39, 0.29) is 6.04 Å². The molecule has 0 spiro atoms. The zero-order chi connectivity index (χ0) is 15.6. The van der Waals surface area contributed by atoms with Gasteiger partial charge in [-0.25, -0.2) is 0 Å². The molecule has 0 bridgehead atoms. The van der Waals surface area contributed by atoms with E-state index in [0.717, 1.165) is 25.0 Å². The number of aliphatic carboxylic acids is 1. The number of carboxylic acids is 1. The monoisotopic (exact) mass is 291 g/mol. The number of anilines is 1. The Morgan fingerprint density at radius 3 is 2.62 bits per heavy atom. The molecule has 1 heterocycles. The maximum atomic E-state index is 11.6. The molecular weight excluding hydrogens is 270 g/mol. The van der Waals surface area contributed by atoms with Crippen molar-refractivity contribution in [1.82, 2.24) is 4.98 Å². The Morgan fingerprint density at radius 2 is 2.00 bits per heavy atom. The number of hydrogen-bond acceptors (Lipinski definition) is 4. The summed E-state index contributed by atoms with van der Waals surface area (Å²) in [6, 6.07) is 1.57. The van der Waals surface area contributed by atoms with Gasteiger partial charge in [0.25, 0.3) is 5.91 Å². The van der Waals surface area contributed by atoms with Crippen LogP contribution in [-0.2, 0) is 4.79 Å². The third kappa shape index (κ3) is 3.32. The van der Waals surface area contributed by atoms with Gasteiger partial charge in [0, 0.05) is 11.7 Å². The van der Waals surface area contributed by atoms with Gasteiger partial charge in [-0.1, -0.05) is 12.8 Å². The molecule has 1 saturated carbocycles. The molecule has 1 aromatic rings. The van der Waals surface area contributed by atoms with Crippen LogP contribution < -0.4 is 11.1 Å². The highest BCUT2D eigenvalue weighted by molar-refractivity contribution is 5.99. The number of nitrogens with zero attached hydrogens (tertiary/aromatic N) is 1. The zero-order valence-electron chi connectivity index (χ0n) is 12.3. The summed E-state index contributed by atoms with van der Waals surface area (Å²) in [6.45, 7) is 3.56. The molecule has 1 fully saturated rings. The quantitative estimate of drug-likeness (QED) is 0.785. The first-order valence-electron chi connectivity index (χ1n) is 7.17. The molecule has 0 radical (unpaired) electrons. The lowest BCUT2D eigenvalue weighted by atomic mass is 9.84. The highest BCUT2D eigenvalue weighted by Gasteiger charge is 2.31. The topological polar surface area (TPSA) is 105 Å². The first-order chi connectivity index (χ1) is 9.90. The van der Waals surface area contributed by atoms with Crippen molar-refractivity contribution in [1.29, 1.82) is 0 Å². The number of amides is 1. The van der Waals surface area contributed by atoms with Gasteiger partial charge < -0.3 is 16.2 Å². The molecule has 114 valence electrons. The normalized spacial score (nSPS) is 21.8. The van der Waals surface area contributed by atoms with Crippen LogP contribution in [0, 0.1) is 19.8 Å². The predicted octanol–water partition coefficient (Wildman–Crippen LogP) is 1.85. The number of primary amides is 1. The maximum Gasteiger partial charge on any atom is 0.308 e. The van der Waals surface area contributed by atoms with E-state index in [4.69, 9.17) is 5.73 Å². The van der Waals surface area contributed by atoms with Crippen molar-refractivity contribution in [2.24, 2.45) is 11.7 Å². The van der Waals surface area contributed by atoms with Crippen molar-refractivity contribution in [2.45, 2.75) is 45.6 Å². The number of nitrogens with one attached hydrogen (secondary N) is 1. The van der Waals surface area contributed by atoms with Gasteiger partial charge in [0.1, 0.15) is 0 Å². The molecule has 1 aliphatic carbocycles. The third-order valence-corrected chi connectivity index (χ3v) is 4.00. The van der Waals surface area contributed by atoms with E-state index >= 15 is 0 Å². The van der Waals surface area contributed by atoms with Gasteiger partial charge in [-0.2, -0.15) is 0 Å². The number of hydrogen-bond donors (Lipinski definition) is 3. The minimum Gasteiger partial charge on any atom is -0.481 e. The van der Waals surface area contributed by atoms with Crippen molar-refractivity contribution < 1.29 is 14.7 Å². The molecule has 2 unspecified atom stereocenters. The minimum atomic E-state index is -0.796. The SMILES string of the molecule is Cc1cc(NC2CCCCC2C(=O)O)c(C(N)=O)c(C)n1. The van der Waals surface area contributed by atoms with Gasteiger partial charge in [0.15, 0.2) is 0 Å². The second-order valence-electron chi connectivity index (χ2n) is 5.62. The summed E-state index contributed by atoms with van der Waals surface area (Å²) in [6.07, 6.45) is 3.33. The fourth-order valence-electron chi connectivity index (χ4n) is 3.05. The lowest BCUT2D eigenvalue weighted by Gasteiger charge is -2.30. The summed E-state index contributed by atoms with van der Waals surface area (Å²) in [7, 11) is 0. The second-order valence-corrected chi connectivity index (χ2v) is 5.62. The van der Waals surface area contributed by atoms with Crippen molar-refractivity contribution >= 4 is 17.6 Å². The Labute approximate surface area is 123 Å². The fourth-order valence-corrected chi connectivity index (χ4v) is 3.05.